The lowest BCUT2D eigenvalue weighted by Crippen LogP contribution is -2.52. The van der Waals surface area contributed by atoms with Crippen LogP contribution in [0.4, 0.5) is 0 Å². The Morgan fingerprint density at radius 2 is 1.95 bits per heavy atom. The minimum absolute atomic E-state index is 0.767. The molecule has 3 aliphatic rings. The van der Waals surface area contributed by atoms with Gasteiger partial charge in [-0.3, -0.25) is 4.90 Å². The van der Waals surface area contributed by atoms with Crippen LogP contribution >= 0.6 is 0 Å². The highest BCUT2D eigenvalue weighted by molar-refractivity contribution is 4.90. The van der Waals surface area contributed by atoms with Gasteiger partial charge in [0, 0.05) is 24.7 Å². The minimum atomic E-state index is 0.767. The average Bonchev–Trinajstić information content (AvgIpc) is 2.96. The van der Waals surface area contributed by atoms with Crippen LogP contribution in [0.3, 0.4) is 0 Å². The van der Waals surface area contributed by atoms with E-state index in [9.17, 15) is 0 Å². The van der Waals surface area contributed by atoms with E-state index < -0.39 is 0 Å². The maximum atomic E-state index is 3.73. The summed E-state index contributed by atoms with van der Waals surface area (Å²) in [6, 6.07) is 2.45. The number of nitrogens with zero attached hydrogens (tertiary/aromatic N) is 2. The van der Waals surface area contributed by atoms with E-state index in [1.165, 1.54) is 64.7 Å². The van der Waals surface area contributed by atoms with Crippen molar-refractivity contribution in [2.45, 2.75) is 63.6 Å². The van der Waals surface area contributed by atoms with Gasteiger partial charge in [0.05, 0.1) is 0 Å². The van der Waals surface area contributed by atoms with Gasteiger partial charge in [-0.05, 0) is 78.0 Å². The van der Waals surface area contributed by atoms with Gasteiger partial charge < -0.3 is 10.2 Å². The second-order valence-corrected chi connectivity index (χ2v) is 7.11. The van der Waals surface area contributed by atoms with Crippen LogP contribution in [-0.4, -0.2) is 61.2 Å². The van der Waals surface area contributed by atoms with Gasteiger partial charge in [0.15, 0.2) is 0 Å². The van der Waals surface area contributed by atoms with Gasteiger partial charge in [-0.15, -0.1) is 0 Å². The first-order chi connectivity index (χ1) is 9.24. The molecule has 0 bridgehead atoms. The van der Waals surface area contributed by atoms with Crippen LogP contribution in [-0.2, 0) is 0 Å². The molecule has 0 saturated carbocycles. The van der Waals surface area contributed by atoms with E-state index in [1.54, 1.807) is 0 Å². The number of rotatable bonds is 2. The van der Waals surface area contributed by atoms with Crippen LogP contribution < -0.4 is 5.32 Å². The molecule has 3 heterocycles. The topological polar surface area (TPSA) is 18.5 Å². The number of hydrogen-bond donors (Lipinski definition) is 1. The van der Waals surface area contributed by atoms with E-state index in [2.05, 4.69) is 29.1 Å². The normalized spacial score (nSPS) is 42.6. The standard InChI is InChI=1S/C16H31N3/c1-13-11-15(7-10-18(13)2)19-9-4-5-14(12-19)16-6-3-8-17-16/h13-17H,3-12H2,1-2H3. The van der Waals surface area contributed by atoms with Crippen molar-refractivity contribution in [2.24, 2.45) is 5.92 Å². The van der Waals surface area contributed by atoms with Gasteiger partial charge in [0.25, 0.3) is 0 Å². The van der Waals surface area contributed by atoms with Crippen molar-refractivity contribution >= 4 is 0 Å². The summed E-state index contributed by atoms with van der Waals surface area (Å²) in [6.07, 6.45) is 8.45. The molecule has 110 valence electrons. The average molecular weight is 265 g/mol. The van der Waals surface area contributed by atoms with Crippen LogP contribution in [0.2, 0.25) is 0 Å². The van der Waals surface area contributed by atoms with Crippen molar-refractivity contribution in [1.29, 1.82) is 0 Å². The summed E-state index contributed by atoms with van der Waals surface area (Å²) < 4.78 is 0. The lowest BCUT2D eigenvalue weighted by atomic mass is 9.87. The third kappa shape index (κ3) is 3.14. The van der Waals surface area contributed by atoms with Gasteiger partial charge >= 0.3 is 0 Å². The highest BCUT2D eigenvalue weighted by Gasteiger charge is 2.34. The van der Waals surface area contributed by atoms with E-state index in [1.807, 2.05) is 0 Å². The molecule has 0 aromatic rings. The van der Waals surface area contributed by atoms with Crippen LogP contribution in [0.15, 0.2) is 0 Å². The Labute approximate surface area is 118 Å². The molecule has 4 atom stereocenters. The Morgan fingerprint density at radius 1 is 1.05 bits per heavy atom. The van der Waals surface area contributed by atoms with E-state index in [-0.39, 0.29) is 0 Å². The smallest absolute Gasteiger partial charge is 0.0122 e. The molecular weight excluding hydrogens is 234 g/mol. The molecule has 3 nitrogen and oxygen atoms in total. The zero-order valence-corrected chi connectivity index (χ0v) is 12.8. The van der Waals surface area contributed by atoms with Crippen LogP contribution in [0, 0.1) is 5.92 Å². The summed E-state index contributed by atoms with van der Waals surface area (Å²) in [4.78, 5) is 5.36. The summed E-state index contributed by atoms with van der Waals surface area (Å²) in [5.41, 5.74) is 0. The molecule has 4 unspecified atom stereocenters. The lowest BCUT2D eigenvalue weighted by molar-refractivity contribution is 0.0504. The first-order valence-corrected chi connectivity index (χ1v) is 8.41. The fraction of sp³-hybridized carbons (Fsp3) is 1.00. The molecule has 1 N–H and O–H groups in total. The molecular formula is C16H31N3. The molecule has 3 heteroatoms. The Morgan fingerprint density at radius 3 is 2.68 bits per heavy atom. The highest BCUT2D eigenvalue weighted by Crippen LogP contribution is 2.29. The van der Waals surface area contributed by atoms with Gasteiger partial charge in [-0.2, -0.15) is 0 Å². The predicted molar refractivity (Wildman–Crippen MR) is 80.4 cm³/mol. The first kappa shape index (κ1) is 13.8. The van der Waals surface area contributed by atoms with Crippen molar-refractivity contribution < 1.29 is 0 Å². The lowest BCUT2D eigenvalue weighted by Gasteiger charge is -2.45. The van der Waals surface area contributed by atoms with E-state index >= 15 is 0 Å². The molecule has 0 aromatic heterocycles. The Kier molecular flexibility index (Phi) is 4.45. The number of nitrogens with one attached hydrogen (secondary N) is 1. The van der Waals surface area contributed by atoms with Crippen molar-refractivity contribution in [2.75, 3.05) is 33.2 Å². The Balaban J connectivity index is 1.55. The van der Waals surface area contributed by atoms with Gasteiger partial charge in [-0.1, -0.05) is 0 Å². The van der Waals surface area contributed by atoms with Gasteiger partial charge in [0.2, 0.25) is 0 Å². The zero-order valence-electron chi connectivity index (χ0n) is 12.8. The van der Waals surface area contributed by atoms with Gasteiger partial charge in [-0.25, -0.2) is 0 Å². The quantitative estimate of drug-likeness (QED) is 0.823. The summed E-state index contributed by atoms with van der Waals surface area (Å²) in [7, 11) is 2.28. The maximum absolute atomic E-state index is 3.73. The summed E-state index contributed by atoms with van der Waals surface area (Å²) in [5.74, 6) is 0.922. The molecule has 0 spiro atoms. The molecule has 3 rings (SSSR count). The third-order valence-electron chi connectivity index (χ3n) is 5.85. The molecule has 3 fully saturated rings. The summed E-state index contributed by atoms with van der Waals surface area (Å²) in [5, 5.41) is 3.73. The molecule has 19 heavy (non-hydrogen) atoms. The SMILES string of the molecule is CC1CC(N2CCCC(C3CCCN3)C2)CCN1C. The van der Waals surface area contributed by atoms with E-state index in [4.69, 9.17) is 0 Å². The molecule has 0 radical (unpaired) electrons. The van der Waals surface area contributed by atoms with Crippen LogP contribution in [0.5, 0.6) is 0 Å². The molecule has 3 saturated heterocycles. The third-order valence-corrected chi connectivity index (χ3v) is 5.85. The van der Waals surface area contributed by atoms with E-state index in [0.717, 1.165) is 24.0 Å². The van der Waals surface area contributed by atoms with Crippen molar-refractivity contribution in [3.8, 4) is 0 Å². The Bertz CT molecular complexity index is 288. The first-order valence-electron chi connectivity index (χ1n) is 8.41. The van der Waals surface area contributed by atoms with Crippen molar-refractivity contribution in [3.05, 3.63) is 0 Å². The Hall–Kier alpha value is -0.120. The van der Waals surface area contributed by atoms with Crippen LogP contribution in [0.1, 0.15) is 45.4 Å². The van der Waals surface area contributed by atoms with Crippen molar-refractivity contribution in [1.82, 2.24) is 15.1 Å². The number of likely N-dealkylation sites (tertiary alicyclic amines) is 2. The highest BCUT2D eigenvalue weighted by atomic mass is 15.2. The zero-order chi connectivity index (χ0) is 13.2. The monoisotopic (exact) mass is 265 g/mol. The maximum Gasteiger partial charge on any atom is 0.0122 e. The fourth-order valence-electron chi connectivity index (χ4n) is 4.41. The van der Waals surface area contributed by atoms with Crippen molar-refractivity contribution in [3.63, 3.8) is 0 Å². The van der Waals surface area contributed by atoms with Crippen LogP contribution in [0.25, 0.3) is 0 Å². The minimum Gasteiger partial charge on any atom is -0.314 e. The van der Waals surface area contributed by atoms with E-state index in [0.29, 0.717) is 0 Å². The largest absolute Gasteiger partial charge is 0.314 e. The van der Waals surface area contributed by atoms with Gasteiger partial charge in [0.1, 0.15) is 0 Å². The summed E-state index contributed by atoms with van der Waals surface area (Å²) in [6.45, 7) is 7.65. The molecule has 0 aliphatic carbocycles. The predicted octanol–water partition coefficient (Wildman–Crippen LogP) is 1.93. The second-order valence-electron chi connectivity index (χ2n) is 7.11. The summed E-state index contributed by atoms with van der Waals surface area (Å²) >= 11 is 0. The molecule has 3 aliphatic heterocycles. The second kappa shape index (κ2) is 6.11. The number of piperidine rings is 2. The molecule has 0 amide bonds. The fourth-order valence-corrected chi connectivity index (χ4v) is 4.41. The molecule has 0 aromatic carbocycles. The number of hydrogen-bond acceptors (Lipinski definition) is 3.